The average Bonchev–Trinajstić information content (AvgIpc) is 3.12. The number of hydrogen-bond acceptors (Lipinski definition) is 5. The van der Waals surface area contributed by atoms with E-state index in [1.54, 1.807) is 5.38 Å². The van der Waals surface area contributed by atoms with Crippen LogP contribution in [-0.4, -0.2) is 10.7 Å². The van der Waals surface area contributed by atoms with E-state index in [-0.39, 0.29) is 11.4 Å². The molecule has 27 heavy (non-hydrogen) atoms. The normalized spacial score (nSPS) is 11.9. The number of anilines is 1. The van der Waals surface area contributed by atoms with Gasteiger partial charge in [-0.25, -0.2) is 4.98 Å². The molecule has 1 aromatic heterocycles. The van der Waals surface area contributed by atoms with Crippen molar-refractivity contribution in [2.24, 2.45) is 5.10 Å². The molecule has 3 rings (SSSR count). The Kier molecular flexibility index (Phi) is 5.23. The van der Waals surface area contributed by atoms with Gasteiger partial charge in [0, 0.05) is 10.9 Å². The molecule has 0 aliphatic carbocycles. The third-order valence-electron chi connectivity index (χ3n) is 3.65. The first-order valence-corrected chi connectivity index (χ1v) is 8.69. The second-order valence-electron chi connectivity index (χ2n) is 5.67. The summed E-state index contributed by atoms with van der Waals surface area (Å²) in [5.41, 5.74) is 4.57. The van der Waals surface area contributed by atoms with Crippen molar-refractivity contribution in [1.82, 2.24) is 4.98 Å². The molecule has 0 unspecified atom stereocenters. The summed E-state index contributed by atoms with van der Waals surface area (Å²) in [6, 6.07) is 14.3. The zero-order chi connectivity index (χ0) is 19.4. The Bertz CT molecular complexity index is 1010. The number of benzene rings is 2. The second kappa shape index (κ2) is 7.60. The number of halogens is 3. The van der Waals surface area contributed by atoms with Crippen molar-refractivity contribution >= 4 is 22.7 Å². The van der Waals surface area contributed by atoms with E-state index in [0.717, 1.165) is 23.3 Å². The van der Waals surface area contributed by atoms with Crippen molar-refractivity contribution in [1.29, 1.82) is 5.26 Å². The number of thiazole rings is 1. The first-order valence-electron chi connectivity index (χ1n) is 7.81. The van der Waals surface area contributed by atoms with E-state index in [1.807, 2.05) is 37.3 Å². The highest BCUT2D eigenvalue weighted by molar-refractivity contribution is 7.12. The summed E-state index contributed by atoms with van der Waals surface area (Å²) in [5.74, 6) is 0. The van der Waals surface area contributed by atoms with Gasteiger partial charge in [0.25, 0.3) is 0 Å². The second-order valence-corrected chi connectivity index (χ2v) is 6.52. The SMILES string of the molecule is Cc1ccc(-c2csc(/C(C#N)=N\Nc3cccc(C(F)(F)F)c3)n2)cc1. The Labute approximate surface area is 157 Å². The highest BCUT2D eigenvalue weighted by Gasteiger charge is 2.30. The van der Waals surface area contributed by atoms with Gasteiger partial charge in [0.1, 0.15) is 6.07 Å². The summed E-state index contributed by atoms with van der Waals surface area (Å²) >= 11 is 1.24. The fraction of sp³-hybridized carbons (Fsp3) is 0.105. The van der Waals surface area contributed by atoms with Crippen LogP contribution in [0.5, 0.6) is 0 Å². The number of hydrogen-bond donors (Lipinski definition) is 1. The molecule has 3 aromatic rings. The molecule has 0 bridgehead atoms. The molecule has 0 aliphatic heterocycles. The fourth-order valence-corrected chi connectivity index (χ4v) is 3.01. The van der Waals surface area contributed by atoms with Crippen molar-refractivity contribution in [3.63, 3.8) is 0 Å². The maximum absolute atomic E-state index is 12.8. The molecule has 0 spiro atoms. The zero-order valence-corrected chi connectivity index (χ0v) is 14.9. The molecule has 8 heteroatoms. The molecule has 136 valence electrons. The molecule has 0 aliphatic rings. The van der Waals surface area contributed by atoms with Gasteiger partial charge in [0.05, 0.1) is 16.9 Å². The van der Waals surface area contributed by atoms with E-state index in [2.05, 4.69) is 15.5 Å². The largest absolute Gasteiger partial charge is 0.416 e. The lowest BCUT2D eigenvalue weighted by Crippen LogP contribution is -2.06. The van der Waals surface area contributed by atoms with Crippen molar-refractivity contribution in [3.05, 3.63) is 70.0 Å². The van der Waals surface area contributed by atoms with E-state index in [1.165, 1.54) is 23.5 Å². The monoisotopic (exact) mass is 386 g/mol. The Balaban J connectivity index is 1.82. The van der Waals surface area contributed by atoms with Gasteiger partial charge in [-0.1, -0.05) is 35.9 Å². The number of alkyl halides is 3. The molecular weight excluding hydrogens is 373 g/mol. The van der Waals surface area contributed by atoms with Crippen LogP contribution >= 0.6 is 11.3 Å². The molecule has 0 saturated heterocycles. The average molecular weight is 386 g/mol. The first kappa shape index (κ1) is 18.6. The summed E-state index contributed by atoms with van der Waals surface area (Å²) in [6.45, 7) is 1.98. The van der Waals surface area contributed by atoms with Crippen LogP contribution < -0.4 is 5.43 Å². The predicted octanol–water partition coefficient (Wildman–Crippen LogP) is 5.48. The number of aryl methyl sites for hydroxylation is 1. The first-order chi connectivity index (χ1) is 12.9. The van der Waals surface area contributed by atoms with Crippen LogP contribution in [0.1, 0.15) is 16.1 Å². The minimum Gasteiger partial charge on any atom is -0.277 e. The fourth-order valence-electron chi connectivity index (χ4n) is 2.25. The summed E-state index contributed by atoms with van der Waals surface area (Å²) < 4.78 is 38.3. The third-order valence-corrected chi connectivity index (χ3v) is 4.50. The third kappa shape index (κ3) is 4.51. The van der Waals surface area contributed by atoms with Crippen LogP contribution in [0.2, 0.25) is 0 Å². The molecule has 4 nitrogen and oxygen atoms in total. The van der Waals surface area contributed by atoms with Crippen molar-refractivity contribution in [3.8, 4) is 17.3 Å². The summed E-state index contributed by atoms with van der Waals surface area (Å²) in [5, 5.41) is 15.4. The van der Waals surface area contributed by atoms with Crippen molar-refractivity contribution in [2.75, 3.05) is 5.43 Å². The molecule has 1 heterocycles. The molecule has 2 aromatic carbocycles. The van der Waals surface area contributed by atoms with E-state index in [9.17, 15) is 18.4 Å². The van der Waals surface area contributed by atoms with Crippen LogP contribution in [0.25, 0.3) is 11.3 Å². The predicted molar refractivity (Wildman–Crippen MR) is 99.5 cm³/mol. The molecule has 0 fully saturated rings. The topological polar surface area (TPSA) is 61.1 Å². The maximum Gasteiger partial charge on any atom is 0.416 e. The van der Waals surface area contributed by atoms with Crippen LogP contribution in [0.3, 0.4) is 0 Å². The minimum atomic E-state index is -4.45. The number of nitrogens with one attached hydrogen (secondary N) is 1. The Hall–Kier alpha value is -3.18. The van der Waals surface area contributed by atoms with Gasteiger partial charge in [-0.2, -0.15) is 23.5 Å². The standard InChI is InChI=1S/C19H13F3N4S/c1-12-5-7-13(8-6-12)17-11-27-18(24-17)16(10-23)26-25-15-4-2-3-14(9-15)19(20,21)22/h2-9,11,25H,1H3/b26-16-. The van der Waals surface area contributed by atoms with Crippen LogP contribution in [0.4, 0.5) is 18.9 Å². The lowest BCUT2D eigenvalue weighted by Gasteiger charge is -2.08. The van der Waals surface area contributed by atoms with Gasteiger partial charge in [0.15, 0.2) is 10.7 Å². The molecular formula is C19H13F3N4S. The summed E-state index contributed by atoms with van der Waals surface area (Å²) in [4.78, 5) is 4.40. The Morgan fingerprint density at radius 1 is 1.19 bits per heavy atom. The quantitative estimate of drug-likeness (QED) is 0.477. The van der Waals surface area contributed by atoms with Gasteiger partial charge >= 0.3 is 6.18 Å². The zero-order valence-electron chi connectivity index (χ0n) is 14.1. The minimum absolute atomic E-state index is 0.00391. The lowest BCUT2D eigenvalue weighted by atomic mass is 10.1. The molecule has 0 radical (unpaired) electrons. The van der Waals surface area contributed by atoms with E-state index in [0.29, 0.717) is 10.7 Å². The summed E-state index contributed by atoms with van der Waals surface area (Å²) in [7, 11) is 0. The number of nitriles is 1. The van der Waals surface area contributed by atoms with Gasteiger partial charge in [-0.05, 0) is 25.1 Å². The summed E-state index contributed by atoms with van der Waals surface area (Å²) in [6.07, 6.45) is -4.45. The Morgan fingerprint density at radius 2 is 1.93 bits per heavy atom. The molecule has 0 amide bonds. The number of rotatable bonds is 4. The van der Waals surface area contributed by atoms with E-state index >= 15 is 0 Å². The molecule has 0 atom stereocenters. The number of nitrogens with zero attached hydrogens (tertiary/aromatic N) is 3. The van der Waals surface area contributed by atoms with Gasteiger partial charge in [-0.3, -0.25) is 5.43 Å². The number of hydrazone groups is 1. The highest BCUT2D eigenvalue weighted by atomic mass is 32.1. The molecule has 1 N–H and O–H groups in total. The van der Waals surface area contributed by atoms with Crippen molar-refractivity contribution < 1.29 is 13.2 Å². The van der Waals surface area contributed by atoms with E-state index < -0.39 is 11.7 Å². The van der Waals surface area contributed by atoms with Gasteiger partial charge in [0.2, 0.25) is 0 Å². The van der Waals surface area contributed by atoms with Crippen LogP contribution in [0.15, 0.2) is 59.0 Å². The van der Waals surface area contributed by atoms with Gasteiger partial charge in [-0.15, -0.1) is 11.3 Å². The van der Waals surface area contributed by atoms with E-state index in [4.69, 9.17) is 0 Å². The van der Waals surface area contributed by atoms with Crippen LogP contribution in [-0.2, 0) is 6.18 Å². The Morgan fingerprint density at radius 3 is 2.59 bits per heavy atom. The smallest absolute Gasteiger partial charge is 0.277 e. The number of aromatic nitrogens is 1. The molecule has 0 saturated carbocycles. The van der Waals surface area contributed by atoms with Crippen LogP contribution in [0, 0.1) is 18.3 Å². The van der Waals surface area contributed by atoms with Crippen molar-refractivity contribution in [2.45, 2.75) is 13.1 Å². The lowest BCUT2D eigenvalue weighted by molar-refractivity contribution is -0.137. The maximum atomic E-state index is 12.8. The highest BCUT2D eigenvalue weighted by Crippen LogP contribution is 2.30. The van der Waals surface area contributed by atoms with Gasteiger partial charge < -0.3 is 0 Å².